The molecule has 6 heteroatoms. The fourth-order valence-electron chi connectivity index (χ4n) is 2.87. The van der Waals surface area contributed by atoms with Gasteiger partial charge in [-0.05, 0) is 55.9 Å². The fourth-order valence-corrected chi connectivity index (χ4v) is 2.87. The summed E-state index contributed by atoms with van der Waals surface area (Å²) in [5, 5.41) is 15.2. The first-order valence-corrected chi connectivity index (χ1v) is 8.41. The van der Waals surface area contributed by atoms with Gasteiger partial charge in [-0.2, -0.15) is 0 Å². The van der Waals surface area contributed by atoms with Gasteiger partial charge in [0.15, 0.2) is 0 Å². The van der Waals surface area contributed by atoms with E-state index in [1.165, 1.54) is 24.3 Å². The topological polar surface area (TPSA) is 78.4 Å². The molecule has 132 valence electrons. The Morgan fingerprint density at radius 1 is 1.12 bits per heavy atom. The molecule has 0 heterocycles. The maximum atomic E-state index is 12.9. The second-order valence-corrected chi connectivity index (χ2v) is 6.72. The molecule has 1 atom stereocenters. The minimum Gasteiger partial charge on any atom is -0.393 e. The number of amides is 2. The molecule has 0 aliphatic heterocycles. The third kappa shape index (κ3) is 5.03. The van der Waals surface area contributed by atoms with Crippen molar-refractivity contribution in [1.82, 2.24) is 10.6 Å². The molecule has 0 saturated heterocycles. The Labute approximate surface area is 141 Å². The van der Waals surface area contributed by atoms with Crippen molar-refractivity contribution < 1.29 is 19.1 Å². The van der Waals surface area contributed by atoms with Gasteiger partial charge in [0.2, 0.25) is 5.91 Å². The molecule has 24 heavy (non-hydrogen) atoms. The zero-order chi connectivity index (χ0) is 17.7. The summed E-state index contributed by atoms with van der Waals surface area (Å²) in [4.78, 5) is 24.8. The molecule has 2 amide bonds. The number of hydrogen-bond donors (Lipinski definition) is 3. The van der Waals surface area contributed by atoms with Crippen LogP contribution in [0.2, 0.25) is 0 Å². The van der Waals surface area contributed by atoms with Gasteiger partial charge in [-0.1, -0.05) is 13.8 Å². The largest absolute Gasteiger partial charge is 0.393 e. The number of aliphatic hydroxyl groups excluding tert-OH is 1. The number of nitrogens with one attached hydrogen (secondary N) is 2. The van der Waals surface area contributed by atoms with Crippen molar-refractivity contribution in [3.63, 3.8) is 0 Å². The van der Waals surface area contributed by atoms with E-state index in [0.29, 0.717) is 18.4 Å². The molecule has 1 aliphatic carbocycles. The van der Waals surface area contributed by atoms with E-state index in [9.17, 15) is 19.1 Å². The second-order valence-electron chi connectivity index (χ2n) is 6.72. The van der Waals surface area contributed by atoms with Crippen LogP contribution < -0.4 is 10.6 Å². The molecule has 0 bridgehead atoms. The smallest absolute Gasteiger partial charge is 0.251 e. The molecule has 5 nitrogen and oxygen atoms in total. The van der Waals surface area contributed by atoms with E-state index in [-0.39, 0.29) is 24.0 Å². The third-order valence-electron chi connectivity index (χ3n) is 4.39. The average molecular weight is 336 g/mol. The Hall–Kier alpha value is -1.95. The molecule has 2 rings (SSSR count). The summed E-state index contributed by atoms with van der Waals surface area (Å²) in [6.07, 6.45) is 2.56. The van der Waals surface area contributed by atoms with Gasteiger partial charge < -0.3 is 15.7 Å². The van der Waals surface area contributed by atoms with Crippen LogP contribution in [0.3, 0.4) is 0 Å². The van der Waals surface area contributed by atoms with Crippen LogP contribution in [0.15, 0.2) is 24.3 Å². The highest BCUT2D eigenvalue weighted by Gasteiger charge is 2.28. The highest BCUT2D eigenvalue weighted by molar-refractivity contribution is 5.97. The van der Waals surface area contributed by atoms with Crippen LogP contribution in [0.1, 0.15) is 49.9 Å². The van der Waals surface area contributed by atoms with E-state index < -0.39 is 17.8 Å². The predicted molar refractivity (Wildman–Crippen MR) is 88.9 cm³/mol. The minimum absolute atomic E-state index is 0.0323. The molecule has 0 aromatic heterocycles. The normalized spacial score (nSPS) is 22.0. The van der Waals surface area contributed by atoms with E-state index in [1.807, 2.05) is 13.8 Å². The van der Waals surface area contributed by atoms with Crippen LogP contribution in [-0.4, -0.2) is 35.1 Å². The van der Waals surface area contributed by atoms with Gasteiger partial charge in [-0.15, -0.1) is 0 Å². The fraction of sp³-hybridized carbons (Fsp3) is 0.556. The van der Waals surface area contributed by atoms with E-state index >= 15 is 0 Å². The Balaban J connectivity index is 1.96. The number of carbonyl (C=O) groups is 2. The highest BCUT2D eigenvalue weighted by atomic mass is 19.1. The summed E-state index contributed by atoms with van der Waals surface area (Å²) < 4.78 is 12.9. The van der Waals surface area contributed by atoms with Gasteiger partial charge in [0.05, 0.1) is 6.10 Å². The molecule has 0 spiro atoms. The van der Waals surface area contributed by atoms with Crippen molar-refractivity contribution in [1.29, 1.82) is 0 Å². The monoisotopic (exact) mass is 336 g/mol. The standard InChI is InChI=1S/C18H25FN2O3/c1-11(2)16(18(24)20-14-7-9-15(22)10-8-14)21-17(23)12-3-5-13(19)6-4-12/h3-6,11,14-16,22H,7-10H2,1-2H3,(H,20,24)(H,21,23). The van der Waals surface area contributed by atoms with Gasteiger partial charge in [0.25, 0.3) is 5.91 Å². The van der Waals surface area contributed by atoms with Crippen LogP contribution in [0.5, 0.6) is 0 Å². The SMILES string of the molecule is CC(C)C(NC(=O)c1ccc(F)cc1)C(=O)NC1CCC(O)CC1. The molecule has 1 unspecified atom stereocenters. The summed E-state index contributed by atoms with van der Waals surface area (Å²) >= 11 is 0. The van der Waals surface area contributed by atoms with Crippen molar-refractivity contribution >= 4 is 11.8 Å². The van der Waals surface area contributed by atoms with E-state index in [4.69, 9.17) is 0 Å². The first-order chi connectivity index (χ1) is 11.4. The number of aliphatic hydroxyl groups is 1. The first-order valence-electron chi connectivity index (χ1n) is 8.41. The number of benzene rings is 1. The summed E-state index contributed by atoms with van der Waals surface area (Å²) in [6.45, 7) is 3.72. The quantitative estimate of drug-likeness (QED) is 0.769. The van der Waals surface area contributed by atoms with Crippen molar-refractivity contribution in [2.75, 3.05) is 0 Å². The Bertz CT molecular complexity index is 566. The zero-order valence-electron chi connectivity index (χ0n) is 14.1. The Morgan fingerprint density at radius 2 is 1.71 bits per heavy atom. The van der Waals surface area contributed by atoms with E-state index in [2.05, 4.69) is 10.6 Å². The summed E-state index contributed by atoms with van der Waals surface area (Å²) in [5.74, 6) is -1.11. The lowest BCUT2D eigenvalue weighted by Gasteiger charge is -2.29. The van der Waals surface area contributed by atoms with E-state index in [1.54, 1.807) is 0 Å². The van der Waals surface area contributed by atoms with Gasteiger partial charge in [0.1, 0.15) is 11.9 Å². The average Bonchev–Trinajstić information content (AvgIpc) is 2.54. The molecule has 3 N–H and O–H groups in total. The van der Waals surface area contributed by atoms with Crippen molar-refractivity contribution in [2.45, 2.75) is 57.7 Å². The van der Waals surface area contributed by atoms with Gasteiger partial charge in [-0.3, -0.25) is 9.59 Å². The van der Waals surface area contributed by atoms with Crippen LogP contribution >= 0.6 is 0 Å². The van der Waals surface area contributed by atoms with E-state index in [0.717, 1.165) is 12.8 Å². The number of hydrogen-bond acceptors (Lipinski definition) is 3. The lowest BCUT2D eigenvalue weighted by atomic mass is 9.92. The van der Waals surface area contributed by atoms with Crippen LogP contribution in [0.4, 0.5) is 4.39 Å². The third-order valence-corrected chi connectivity index (χ3v) is 4.39. The maximum absolute atomic E-state index is 12.9. The predicted octanol–water partition coefficient (Wildman–Crippen LogP) is 2.00. The number of carbonyl (C=O) groups excluding carboxylic acids is 2. The van der Waals surface area contributed by atoms with Gasteiger partial charge in [0, 0.05) is 11.6 Å². The number of rotatable bonds is 5. The summed E-state index contributed by atoms with van der Waals surface area (Å²) in [6, 6.07) is 4.59. The lowest BCUT2D eigenvalue weighted by molar-refractivity contribution is -0.125. The molecule has 1 fully saturated rings. The maximum Gasteiger partial charge on any atom is 0.251 e. The van der Waals surface area contributed by atoms with Gasteiger partial charge >= 0.3 is 0 Å². The molecular formula is C18H25FN2O3. The van der Waals surface area contributed by atoms with Crippen molar-refractivity contribution in [3.8, 4) is 0 Å². The Kier molecular flexibility index (Phi) is 6.31. The number of halogens is 1. The molecule has 1 aromatic carbocycles. The molecule has 0 radical (unpaired) electrons. The van der Waals surface area contributed by atoms with Crippen molar-refractivity contribution in [2.24, 2.45) is 5.92 Å². The lowest BCUT2D eigenvalue weighted by Crippen LogP contribution is -2.52. The molecule has 1 aromatic rings. The van der Waals surface area contributed by atoms with Gasteiger partial charge in [-0.25, -0.2) is 4.39 Å². The molecular weight excluding hydrogens is 311 g/mol. The summed E-state index contributed by atoms with van der Waals surface area (Å²) in [5.41, 5.74) is 0.315. The minimum atomic E-state index is -0.658. The molecule has 1 aliphatic rings. The summed E-state index contributed by atoms with van der Waals surface area (Å²) in [7, 11) is 0. The Morgan fingerprint density at radius 3 is 2.25 bits per heavy atom. The highest BCUT2D eigenvalue weighted by Crippen LogP contribution is 2.18. The van der Waals surface area contributed by atoms with Crippen LogP contribution in [0, 0.1) is 11.7 Å². The van der Waals surface area contributed by atoms with Crippen LogP contribution in [-0.2, 0) is 4.79 Å². The van der Waals surface area contributed by atoms with Crippen LogP contribution in [0.25, 0.3) is 0 Å². The molecule has 1 saturated carbocycles. The van der Waals surface area contributed by atoms with Crippen molar-refractivity contribution in [3.05, 3.63) is 35.6 Å². The zero-order valence-corrected chi connectivity index (χ0v) is 14.1. The first kappa shape index (κ1) is 18.4. The second kappa shape index (κ2) is 8.24.